The van der Waals surface area contributed by atoms with E-state index in [2.05, 4.69) is 303 Å². The monoisotopic (exact) mass is 1160 g/mol. The Balaban J connectivity index is 1.02. The van der Waals surface area contributed by atoms with Gasteiger partial charge in [-0.15, -0.1) is 11.3 Å². The summed E-state index contributed by atoms with van der Waals surface area (Å²) in [5.74, 6) is 0. The molecule has 0 unspecified atom stereocenters. The van der Waals surface area contributed by atoms with E-state index < -0.39 is 0 Å². The summed E-state index contributed by atoms with van der Waals surface area (Å²) in [6.07, 6.45) is 4.59. The molecule has 0 saturated heterocycles. The molecule has 88 heavy (non-hydrogen) atoms. The highest BCUT2D eigenvalue weighted by molar-refractivity contribution is 7.33. The van der Waals surface area contributed by atoms with Crippen LogP contribution in [0.25, 0.3) is 54.3 Å². The van der Waals surface area contributed by atoms with Crippen LogP contribution in [0.5, 0.6) is 0 Å². The zero-order valence-electron chi connectivity index (χ0n) is 52.8. The highest BCUT2D eigenvalue weighted by atomic mass is 32.1. The summed E-state index contributed by atoms with van der Waals surface area (Å²) in [6.45, 7) is 26.5. The van der Waals surface area contributed by atoms with E-state index in [1.165, 1.54) is 98.6 Å². The number of hydrogen-bond donors (Lipinski definition) is 0. The Bertz CT molecular complexity index is 4820. The van der Waals surface area contributed by atoms with E-state index in [1.807, 2.05) is 11.3 Å². The summed E-state index contributed by atoms with van der Waals surface area (Å²) in [4.78, 5) is 7.88. The number of furan rings is 1. The number of nitrogens with zero attached hydrogens (tertiary/aromatic N) is 3. The van der Waals surface area contributed by atoms with Gasteiger partial charge in [-0.2, -0.15) is 0 Å². The van der Waals surface area contributed by atoms with Crippen LogP contribution in [0.1, 0.15) is 130 Å². The maximum Gasteiger partial charge on any atom is 0.264 e. The van der Waals surface area contributed by atoms with Crippen molar-refractivity contribution in [3.05, 3.63) is 240 Å². The highest BCUT2D eigenvalue weighted by Crippen LogP contribution is 2.55. The third-order valence-corrected chi connectivity index (χ3v) is 22.1. The van der Waals surface area contributed by atoms with Crippen molar-refractivity contribution in [3.63, 3.8) is 0 Å². The van der Waals surface area contributed by atoms with E-state index in [-0.39, 0.29) is 33.8 Å². The zero-order valence-corrected chi connectivity index (χ0v) is 53.6. The molecule has 10 aromatic carbocycles. The van der Waals surface area contributed by atoms with Crippen molar-refractivity contribution in [1.29, 1.82) is 0 Å². The van der Waals surface area contributed by atoms with E-state index in [0.717, 1.165) is 76.1 Å². The minimum Gasteiger partial charge on any atom is -0.456 e. The second kappa shape index (κ2) is 19.5. The predicted octanol–water partition coefficient (Wildman–Crippen LogP) is 21.7. The van der Waals surface area contributed by atoms with Gasteiger partial charge in [0.15, 0.2) is 0 Å². The molecule has 16 rings (SSSR count). The Kier molecular flexibility index (Phi) is 12.1. The molecule has 2 aliphatic carbocycles. The Morgan fingerprint density at radius 3 is 1.73 bits per heavy atom. The highest BCUT2D eigenvalue weighted by Gasteiger charge is 2.47. The first-order valence-electron chi connectivity index (χ1n) is 31.9. The fraction of sp³-hybridized carbons (Fsp3) is 0.244. The zero-order chi connectivity index (χ0) is 60.4. The number of thiophene rings is 1. The molecule has 6 heteroatoms. The standard InChI is InChI=1S/C82H76BN3OS/c1-78(2,3)54-30-39-74-62(46-54)76-77(88-74)83-67-37-33-58(84(68-28-20-18-26-59(68)52-24-16-13-17-25-52)56-31-35-63-65(48-56)81(8,9)42-40-79(63,4)5)50-69(67)85(55-34-38-73-61(47-55)60-27-19-21-29-72(60)87-73)70-44-53(51-22-14-12-15-23-51)45-71(75(70)83)86(76)57-32-36-64-66(49-57)82(10,11)43-41-80(64,6)7/h12-39,44-50H,40-43H2,1-11H3. The Hall–Kier alpha value is -8.58. The third-order valence-electron chi connectivity index (χ3n) is 20.9. The maximum absolute atomic E-state index is 6.63. The summed E-state index contributed by atoms with van der Waals surface area (Å²) in [5, 5.41) is 3.52. The van der Waals surface area contributed by atoms with E-state index in [4.69, 9.17) is 4.42 Å². The Morgan fingerprint density at radius 2 is 1.01 bits per heavy atom. The van der Waals surface area contributed by atoms with Crippen molar-refractivity contribution in [1.82, 2.24) is 0 Å². The number of anilines is 9. The normalized spacial score (nSPS) is 16.7. The molecule has 0 bridgehead atoms. The number of hydrogen-bond acceptors (Lipinski definition) is 5. The maximum atomic E-state index is 6.63. The molecule has 0 N–H and O–H groups in total. The first-order chi connectivity index (χ1) is 42.2. The van der Waals surface area contributed by atoms with Gasteiger partial charge in [0.05, 0.1) is 11.4 Å². The van der Waals surface area contributed by atoms with Crippen LogP contribution in [-0.2, 0) is 27.1 Å². The lowest BCUT2D eigenvalue weighted by Crippen LogP contribution is -2.60. The molecule has 0 saturated carbocycles. The van der Waals surface area contributed by atoms with Gasteiger partial charge in [0.1, 0.15) is 11.2 Å². The second-order valence-corrected chi connectivity index (χ2v) is 30.5. The fourth-order valence-corrected chi connectivity index (χ4v) is 17.0. The van der Waals surface area contributed by atoms with Crippen molar-refractivity contribution in [2.45, 2.75) is 129 Å². The molecule has 434 valence electrons. The van der Waals surface area contributed by atoms with Crippen molar-refractivity contribution >= 4 is 117 Å². The lowest BCUT2D eigenvalue weighted by molar-refractivity contribution is 0.332. The molecule has 0 spiro atoms. The lowest BCUT2D eigenvalue weighted by Gasteiger charge is -2.45. The average Bonchev–Trinajstić information content (AvgIpc) is 1.27. The smallest absolute Gasteiger partial charge is 0.264 e. The number of benzene rings is 10. The van der Waals surface area contributed by atoms with Crippen LogP contribution in [0.2, 0.25) is 0 Å². The number of rotatable bonds is 7. The third kappa shape index (κ3) is 8.52. The summed E-state index contributed by atoms with van der Waals surface area (Å²) in [7, 11) is 0. The first-order valence-corrected chi connectivity index (χ1v) is 32.7. The van der Waals surface area contributed by atoms with Crippen LogP contribution < -0.4 is 30.4 Å². The van der Waals surface area contributed by atoms with Crippen LogP contribution in [0.4, 0.5) is 51.2 Å². The van der Waals surface area contributed by atoms with E-state index in [9.17, 15) is 0 Å². The van der Waals surface area contributed by atoms with Gasteiger partial charge in [-0.05, 0) is 199 Å². The molecule has 0 radical (unpaired) electrons. The molecule has 2 aliphatic heterocycles. The van der Waals surface area contributed by atoms with Gasteiger partial charge in [0.2, 0.25) is 0 Å². The van der Waals surface area contributed by atoms with Crippen LogP contribution in [-0.4, -0.2) is 6.71 Å². The molecule has 0 atom stereocenters. The largest absolute Gasteiger partial charge is 0.456 e. The van der Waals surface area contributed by atoms with Crippen molar-refractivity contribution < 1.29 is 4.42 Å². The van der Waals surface area contributed by atoms with Gasteiger partial charge in [-0.3, -0.25) is 0 Å². The molecule has 2 aromatic heterocycles. The van der Waals surface area contributed by atoms with Crippen molar-refractivity contribution in [3.8, 4) is 22.3 Å². The first kappa shape index (κ1) is 54.8. The lowest BCUT2D eigenvalue weighted by atomic mass is 9.36. The van der Waals surface area contributed by atoms with Gasteiger partial charge in [-0.25, -0.2) is 0 Å². The summed E-state index contributed by atoms with van der Waals surface area (Å²) < 4.78 is 9.31. The predicted molar refractivity (Wildman–Crippen MR) is 378 cm³/mol. The van der Waals surface area contributed by atoms with E-state index >= 15 is 0 Å². The van der Waals surface area contributed by atoms with Crippen LogP contribution in [0, 0.1) is 0 Å². The van der Waals surface area contributed by atoms with Crippen LogP contribution in [0.3, 0.4) is 0 Å². The molecular weight excluding hydrogens is 1090 g/mol. The minimum absolute atomic E-state index is 0.00226. The van der Waals surface area contributed by atoms with Gasteiger partial charge in [0.25, 0.3) is 6.71 Å². The second-order valence-electron chi connectivity index (χ2n) is 29.4. The molecule has 4 nitrogen and oxygen atoms in total. The quantitative estimate of drug-likeness (QED) is 0.148. The fourth-order valence-electron chi connectivity index (χ4n) is 15.7. The van der Waals surface area contributed by atoms with Gasteiger partial charge in [0, 0.05) is 71.0 Å². The SMILES string of the molecule is CC(C)(C)c1ccc2sc3c(c2c1)N(c1ccc2c(c1)C(C)(C)CCC2(C)C)c1cc(-c2ccccc2)cc2c1B3c1ccc(N(c3ccc4c(c3)C(C)(C)CCC4(C)C)c3ccccc3-c3ccccc3)cc1N2c1ccc2oc3ccccc3c2c1. The number of para-hydroxylation sites is 2. The van der Waals surface area contributed by atoms with Gasteiger partial charge in [-0.1, -0.05) is 197 Å². The average molecular weight is 1160 g/mol. The van der Waals surface area contributed by atoms with Gasteiger partial charge >= 0.3 is 0 Å². The van der Waals surface area contributed by atoms with Crippen molar-refractivity contribution in [2.75, 3.05) is 14.7 Å². The molecule has 4 heterocycles. The number of fused-ring (bicyclic) bond motifs is 11. The van der Waals surface area contributed by atoms with Crippen LogP contribution in [0.15, 0.2) is 217 Å². The summed E-state index contributed by atoms with van der Waals surface area (Å²) in [5.41, 5.74) is 26.8. The van der Waals surface area contributed by atoms with Crippen molar-refractivity contribution in [2.24, 2.45) is 0 Å². The van der Waals surface area contributed by atoms with E-state index in [1.54, 1.807) is 0 Å². The minimum atomic E-state index is -0.0971. The Morgan fingerprint density at radius 1 is 0.443 bits per heavy atom. The van der Waals surface area contributed by atoms with Gasteiger partial charge < -0.3 is 19.1 Å². The molecule has 0 fully saturated rings. The summed E-state index contributed by atoms with van der Waals surface area (Å²) >= 11 is 1.98. The molecule has 0 amide bonds. The Labute approximate surface area is 524 Å². The molecular formula is C82H76BN3OS. The summed E-state index contributed by atoms with van der Waals surface area (Å²) in [6, 6.07) is 81.2. The van der Waals surface area contributed by atoms with E-state index in [0.29, 0.717) is 0 Å². The molecule has 4 aliphatic rings. The topological polar surface area (TPSA) is 22.9 Å². The molecule has 12 aromatic rings. The van der Waals surface area contributed by atoms with Crippen LogP contribution >= 0.6 is 11.3 Å².